The molecule has 18 heavy (non-hydrogen) atoms. The first-order chi connectivity index (χ1) is 8.74. The van der Waals surface area contributed by atoms with E-state index in [1.807, 2.05) is 12.3 Å². The quantitative estimate of drug-likeness (QED) is 0.705. The molecule has 0 unspecified atom stereocenters. The number of hydrogen-bond acceptors (Lipinski definition) is 1. The second-order valence-corrected chi connectivity index (χ2v) is 5.76. The summed E-state index contributed by atoms with van der Waals surface area (Å²) in [6.07, 6.45) is 4.19. The van der Waals surface area contributed by atoms with Crippen LogP contribution in [0.15, 0.2) is 34.9 Å². The van der Waals surface area contributed by atoms with Crippen LogP contribution in [0.25, 0.3) is 0 Å². The minimum Gasteiger partial charge on any atom is -0.265 e. The lowest BCUT2D eigenvalue weighted by Gasteiger charge is -2.08. The Morgan fingerprint density at radius 1 is 1.33 bits per heavy atom. The van der Waals surface area contributed by atoms with Crippen molar-refractivity contribution < 1.29 is 0 Å². The third-order valence-electron chi connectivity index (χ3n) is 2.89. The first-order valence-electron chi connectivity index (χ1n) is 6.08. The Labute approximate surface area is 125 Å². The van der Waals surface area contributed by atoms with Gasteiger partial charge in [-0.25, -0.2) is 0 Å². The molecule has 1 aromatic heterocycles. The normalized spacial score (nSPS) is 10.8. The van der Waals surface area contributed by atoms with Crippen molar-refractivity contribution in [2.75, 3.05) is 0 Å². The largest absolute Gasteiger partial charge is 0.265 e. The van der Waals surface area contributed by atoms with Crippen molar-refractivity contribution in [3.05, 3.63) is 51.8 Å². The van der Waals surface area contributed by atoms with Crippen molar-refractivity contribution in [1.82, 2.24) is 9.78 Å². The van der Waals surface area contributed by atoms with Crippen molar-refractivity contribution in [3.8, 4) is 0 Å². The molecule has 0 spiro atoms. The molecular formula is C14H16Br2N2. The summed E-state index contributed by atoms with van der Waals surface area (Å²) in [6.45, 7) is 3.04. The highest BCUT2D eigenvalue weighted by Gasteiger charge is 2.09. The Morgan fingerprint density at radius 3 is 2.83 bits per heavy atom. The topological polar surface area (TPSA) is 17.8 Å². The molecule has 1 aromatic carbocycles. The molecule has 0 amide bonds. The Kier molecular flexibility index (Phi) is 5.01. The molecule has 2 rings (SSSR count). The molecule has 0 saturated heterocycles. The van der Waals surface area contributed by atoms with Gasteiger partial charge in [-0.3, -0.25) is 4.68 Å². The lowest BCUT2D eigenvalue weighted by Crippen LogP contribution is -2.07. The fraction of sp³-hybridized carbons (Fsp3) is 0.357. The molecule has 0 bridgehead atoms. The van der Waals surface area contributed by atoms with Crippen LogP contribution in [-0.4, -0.2) is 9.78 Å². The maximum atomic E-state index is 4.50. The van der Waals surface area contributed by atoms with Crippen LogP contribution in [0.2, 0.25) is 0 Å². The molecule has 0 aliphatic heterocycles. The zero-order valence-corrected chi connectivity index (χ0v) is 13.5. The zero-order valence-electron chi connectivity index (χ0n) is 10.4. The van der Waals surface area contributed by atoms with E-state index in [1.165, 1.54) is 16.8 Å². The molecule has 0 fully saturated rings. The van der Waals surface area contributed by atoms with Crippen LogP contribution in [0.4, 0.5) is 0 Å². The van der Waals surface area contributed by atoms with Gasteiger partial charge in [0, 0.05) is 21.1 Å². The highest BCUT2D eigenvalue weighted by Crippen LogP contribution is 2.17. The molecular weight excluding hydrogens is 356 g/mol. The van der Waals surface area contributed by atoms with Crippen LogP contribution < -0.4 is 0 Å². The van der Waals surface area contributed by atoms with Gasteiger partial charge >= 0.3 is 0 Å². The second-order valence-electron chi connectivity index (χ2n) is 4.29. The van der Waals surface area contributed by atoms with Gasteiger partial charge in [0.2, 0.25) is 0 Å². The maximum absolute atomic E-state index is 4.50. The molecule has 0 atom stereocenters. The monoisotopic (exact) mass is 370 g/mol. The number of alkyl halides is 1. The minimum atomic E-state index is 0.835. The summed E-state index contributed by atoms with van der Waals surface area (Å²) in [6, 6.07) is 8.39. The highest BCUT2D eigenvalue weighted by molar-refractivity contribution is 9.10. The van der Waals surface area contributed by atoms with Crippen LogP contribution in [0.3, 0.4) is 0 Å². The van der Waals surface area contributed by atoms with Gasteiger partial charge in [0.1, 0.15) is 0 Å². The van der Waals surface area contributed by atoms with E-state index in [0.717, 1.165) is 29.2 Å². The summed E-state index contributed by atoms with van der Waals surface area (Å²) in [4.78, 5) is 0. The first-order valence-corrected chi connectivity index (χ1v) is 8.00. The average molecular weight is 372 g/mol. The standard InChI is InChI=1S/C14H16Br2N2/c1-2-4-14-12(8-15)9-17-18(14)10-11-5-3-6-13(16)7-11/h3,5-7,9H,2,4,8,10H2,1H3. The van der Waals surface area contributed by atoms with Crippen molar-refractivity contribution in [2.45, 2.75) is 31.6 Å². The van der Waals surface area contributed by atoms with Crippen LogP contribution in [0.5, 0.6) is 0 Å². The summed E-state index contributed by atoms with van der Waals surface area (Å²) < 4.78 is 3.23. The lowest BCUT2D eigenvalue weighted by atomic mass is 10.1. The molecule has 96 valence electrons. The Bertz CT molecular complexity index is 520. The molecule has 1 heterocycles. The van der Waals surface area contributed by atoms with E-state index in [4.69, 9.17) is 0 Å². The Hall–Kier alpha value is -0.610. The minimum absolute atomic E-state index is 0.835. The van der Waals surface area contributed by atoms with Crippen molar-refractivity contribution >= 4 is 31.9 Å². The predicted octanol–water partition coefficient (Wildman–Crippen LogP) is 4.54. The number of benzene rings is 1. The summed E-state index contributed by atoms with van der Waals surface area (Å²) in [5, 5.41) is 5.38. The predicted molar refractivity (Wildman–Crippen MR) is 82.1 cm³/mol. The van der Waals surface area contributed by atoms with Crippen molar-refractivity contribution in [2.24, 2.45) is 0 Å². The van der Waals surface area contributed by atoms with Gasteiger partial charge in [0.15, 0.2) is 0 Å². The number of hydrogen-bond donors (Lipinski definition) is 0. The number of nitrogens with zero attached hydrogens (tertiary/aromatic N) is 2. The maximum Gasteiger partial charge on any atom is 0.0663 e. The smallest absolute Gasteiger partial charge is 0.0663 e. The molecule has 0 radical (unpaired) electrons. The molecule has 2 nitrogen and oxygen atoms in total. The molecule has 2 aromatic rings. The van der Waals surface area contributed by atoms with E-state index in [2.05, 4.69) is 66.8 Å². The second kappa shape index (κ2) is 6.53. The van der Waals surface area contributed by atoms with Crippen LogP contribution in [0, 0.1) is 0 Å². The number of halogens is 2. The van der Waals surface area contributed by atoms with E-state index in [-0.39, 0.29) is 0 Å². The third kappa shape index (κ3) is 3.23. The Morgan fingerprint density at radius 2 is 2.17 bits per heavy atom. The van der Waals surface area contributed by atoms with Crippen molar-refractivity contribution in [1.29, 1.82) is 0 Å². The molecule has 0 aliphatic rings. The van der Waals surface area contributed by atoms with E-state index in [0.29, 0.717) is 0 Å². The highest BCUT2D eigenvalue weighted by atomic mass is 79.9. The van der Waals surface area contributed by atoms with Gasteiger partial charge in [0.25, 0.3) is 0 Å². The van der Waals surface area contributed by atoms with Crippen LogP contribution in [-0.2, 0) is 18.3 Å². The lowest BCUT2D eigenvalue weighted by molar-refractivity contribution is 0.636. The molecule has 0 N–H and O–H groups in total. The van der Waals surface area contributed by atoms with Gasteiger partial charge in [0.05, 0.1) is 12.7 Å². The fourth-order valence-electron chi connectivity index (χ4n) is 2.03. The van der Waals surface area contributed by atoms with Gasteiger partial charge in [-0.1, -0.05) is 57.3 Å². The van der Waals surface area contributed by atoms with E-state index in [9.17, 15) is 0 Å². The van der Waals surface area contributed by atoms with Gasteiger partial charge in [-0.05, 0) is 24.1 Å². The van der Waals surface area contributed by atoms with Crippen LogP contribution >= 0.6 is 31.9 Å². The summed E-state index contributed by atoms with van der Waals surface area (Å²) in [5.74, 6) is 0. The summed E-state index contributed by atoms with van der Waals surface area (Å²) in [7, 11) is 0. The number of rotatable bonds is 5. The SMILES string of the molecule is CCCc1c(CBr)cnn1Cc1cccc(Br)c1. The van der Waals surface area contributed by atoms with Gasteiger partial charge in [-0.2, -0.15) is 5.10 Å². The third-order valence-corrected chi connectivity index (χ3v) is 3.98. The summed E-state index contributed by atoms with van der Waals surface area (Å²) in [5.41, 5.74) is 3.91. The fourth-order valence-corrected chi connectivity index (χ4v) is 2.95. The summed E-state index contributed by atoms with van der Waals surface area (Å²) >= 11 is 7.03. The first kappa shape index (κ1) is 13.8. The average Bonchev–Trinajstić information content (AvgIpc) is 2.72. The van der Waals surface area contributed by atoms with E-state index >= 15 is 0 Å². The van der Waals surface area contributed by atoms with E-state index in [1.54, 1.807) is 0 Å². The molecule has 0 aliphatic carbocycles. The molecule has 4 heteroatoms. The van der Waals surface area contributed by atoms with Crippen LogP contribution in [0.1, 0.15) is 30.2 Å². The Balaban J connectivity index is 2.25. The van der Waals surface area contributed by atoms with E-state index < -0.39 is 0 Å². The molecule has 0 saturated carbocycles. The van der Waals surface area contributed by atoms with Gasteiger partial charge in [-0.15, -0.1) is 0 Å². The van der Waals surface area contributed by atoms with Gasteiger partial charge < -0.3 is 0 Å². The zero-order chi connectivity index (χ0) is 13.0. The number of aromatic nitrogens is 2. The van der Waals surface area contributed by atoms with Crippen molar-refractivity contribution in [3.63, 3.8) is 0 Å².